The first-order chi connectivity index (χ1) is 7.29. The molecule has 2 rings (SSSR count). The Labute approximate surface area is 103 Å². The second kappa shape index (κ2) is 4.83. The van der Waals surface area contributed by atoms with Crippen LogP contribution in [0, 0.1) is 0 Å². The van der Waals surface area contributed by atoms with Crippen LogP contribution in [0.25, 0.3) is 0 Å². The Kier molecular flexibility index (Phi) is 3.45. The van der Waals surface area contributed by atoms with Crippen molar-refractivity contribution in [1.82, 2.24) is 5.32 Å². The molecule has 0 spiro atoms. The lowest BCUT2D eigenvalue weighted by Crippen LogP contribution is -2.08. The van der Waals surface area contributed by atoms with Crippen molar-refractivity contribution in [2.75, 3.05) is 9.74 Å². The SMILES string of the molecule is O=C1[N]c2cc(CCCCI)ccc2N1. The van der Waals surface area contributed by atoms with Crippen LogP contribution in [0.15, 0.2) is 18.2 Å². The number of hydrogen-bond acceptors (Lipinski definition) is 1. The molecule has 0 atom stereocenters. The predicted octanol–water partition coefficient (Wildman–Crippen LogP) is 3.23. The van der Waals surface area contributed by atoms with Gasteiger partial charge in [0, 0.05) is 0 Å². The molecule has 3 nitrogen and oxygen atoms in total. The lowest BCUT2D eigenvalue weighted by atomic mass is 10.1. The van der Waals surface area contributed by atoms with Gasteiger partial charge < -0.3 is 5.32 Å². The van der Waals surface area contributed by atoms with Crippen LogP contribution < -0.4 is 10.6 Å². The summed E-state index contributed by atoms with van der Waals surface area (Å²) >= 11 is 2.39. The molecule has 79 valence electrons. The van der Waals surface area contributed by atoms with Crippen molar-refractivity contribution in [2.45, 2.75) is 19.3 Å². The van der Waals surface area contributed by atoms with Crippen molar-refractivity contribution in [2.24, 2.45) is 0 Å². The van der Waals surface area contributed by atoms with E-state index in [0.717, 1.165) is 17.8 Å². The van der Waals surface area contributed by atoms with Gasteiger partial charge in [-0.1, -0.05) is 28.7 Å². The maximum Gasteiger partial charge on any atom is 0.346 e. The topological polar surface area (TPSA) is 43.2 Å². The third kappa shape index (κ3) is 2.62. The highest BCUT2D eigenvalue weighted by atomic mass is 127. The summed E-state index contributed by atoms with van der Waals surface area (Å²) in [6.45, 7) is 0. The molecule has 1 aliphatic rings. The highest BCUT2D eigenvalue weighted by Crippen LogP contribution is 2.28. The highest BCUT2D eigenvalue weighted by Gasteiger charge is 2.18. The Balaban J connectivity index is 2.03. The molecular weight excluding hydrogens is 303 g/mol. The highest BCUT2D eigenvalue weighted by molar-refractivity contribution is 14.1. The summed E-state index contributed by atoms with van der Waals surface area (Å²) in [5, 5.41) is 6.57. The Hall–Kier alpha value is -0.780. The molecule has 0 fully saturated rings. The van der Waals surface area contributed by atoms with Crippen LogP contribution in [0.1, 0.15) is 18.4 Å². The zero-order valence-corrected chi connectivity index (χ0v) is 10.5. The van der Waals surface area contributed by atoms with E-state index < -0.39 is 0 Å². The van der Waals surface area contributed by atoms with Crippen molar-refractivity contribution in [3.05, 3.63) is 23.8 Å². The zero-order valence-electron chi connectivity index (χ0n) is 8.29. The Bertz CT molecular complexity index is 379. The van der Waals surface area contributed by atoms with E-state index in [0.29, 0.717) is 0 Å². The van der Waals surface area contributed by atoms with Crippen LogP contribution >= 0.6 is 22.6 Å². The molecule has 1 aromatic carbocycles. The maximum atomic E-state index is 11.0. The summed E-state index contributed by atoms with van der Waals surface area (Å²) in [5.74, 6) is 0. The lowest BCUT2D eigenvalue weighted by Gasteiger charge is -2.02. The van der Waals surface area contributed by atoms with Crippen LogP contribution in [0.5, 0.6) is 0 Å². The number of unbranched alkanes of at least 4 members (excludes halogenated alkanes) is 1. The van der Waals surface area contributed by atoms with E-state index in [1.165, 1.54) is 22.8 Å². The van der Waals surface area contributed by atoms with Gasteiger partial charge in [0.05, 0.1) is 11.4 Å². The first-order valence-corrected chi connectivity index (χ1v) is 6.54. The number of carbonyl (C=O) groups is 1. The second-order valence-electron chi connectivity index (χ2n) is 3.54. The van der Waals surface area contributed by atoms with Gasteiger partial charge in [-0.05, 0) is 41.4 Å². The standard InChI is InChI=1S/C11H12IN2O/c12-6-2-1-3-8-4-5-9-10(7-8)14-11(15)13-9/h4-5,7H,1-3,6H2,(H,13,15). The van der Waals surface area contributed by atoms with Crippen LogP contribution in [-0.2, 0) is 6.42 Å². The number of aryl methyl sites for hydroxylation is 1. The number of hydrogen-bond donors (Lipinski definition) is 1. The van der Waals surface area contributed by atoms with Crippen LogP contribution in [0.4, 0.5) is 16.2 Å². The average Bonchev–Trinajstić information content (AvgIpc) is 2.57. The van der Waals surface area contributed by atoms with E-state index >= 15 is 0 Å². The predicted molar refractivity (Wildman–Crippen MR) is 69.1 cm³/mol. The number of benzene rings is 1. The van der Waals surface area contributed by atoms with Crippen LogP contribution in [-0.4, -0.2) is 10.5 Å². The van der Waals surface area contributed by atoms with Gasteiger partial charge in [-0.3, -0.25) is 0 Å². The summed E-state index contributed by atoms with van der Waals surface area (Å²) in [6, 6.07) is 5.74. The lowest BCUT2D eigenvalue weighted by molar-refractivity contribution is 0.256. The molecule has 0 aromatic heterocycles. The van der Waals surface area contributed by atoms with Crippen LogP contribution in [0.2, 0.25) is 0 Å². The van der Waals surface area contributed by atoms with Crippen molar-refractivity contribution in [3.63, 3.8) is 0 Å². The largest absolute Gasteiger partial charge is 0.346 e. The second-order valence-corrected chi connectivity index (χ2v) is 4.62. The molecule has 1 aromatic rings. The molecule has 1 N–H and O–H groups in total. The fourth-order valence-electron chi connectivity index (χ4n) is 1.61. The quantitative estimate of drug-likeness (QED) is 0.517. The zero-order chi connectivity index (χ0) is 10.7. The normalized spacial score (nSPS) is 13.3. The first kappa shape index (κ1) is 10.7. The maximum absolute atomic E-state index is 11.0. The molecule has 0 unspecified atom stereocenters. The molecule has 0 saturated heterocycles. The van der Waals surface area contributed by atoms with E-state index in [-0.39, 0.29) is 6.03 Å². The minimum Gasteiger partial charge on any atom is -0.304 e. The molecule has 0 aliphatic carbocycles. The monoisotopic (exact) mass is 315 g/mol. The summed E-state index contributed by atoms with van der Waals surface area (Å²) in [4.78, 5) is 11.0. The van der Waals surface area contributed by atoms with Gasteiger partial charge in [0.2, 0.25) is 0 Å². The molecule has 2 amide bonds. The Morgan fingerprint density at radius 2 is 2.20 bits per heavy atom. The third-order valence-corrected chi connectivity index (χ3v) is 3.14. The van der Waals surface area contributed by atoms with E-state index in [2.05, 4.69) is 39.3 Å². The Morgan fingerprint density at radius 3 is 3.00 bits per heavy atom. The fourth-order valence-corrected chi connectivity index (χ4v) is 2.15. The van der Waals surface area contributed by atoms with Gasteiger partial charge >= 0.3 is 6.03 Å². The molecule has 1 radical (unpaired) electrons. The Morgan fingerprint density at radius 1 is 1.33 bits per heavy atom. The van der Waals surface area contributed by atoms with E-state index in [9.17, 15) is 4.79 Å². The fraction of sp³-hybridized carbons (Fsp3) is 0.364. The van der Waals surface area contributed by atoms with Crippen molar-refractivity contribution in [1.29, 1.82) is 0 Å². The number of nitrogens with one attached hydrogen (secondary N) is 1. The molecule has 0 saturated carbocycles. The van der Waals surface area contributed by atoms with Gasteiger partial charge in [-0.15, -0.1) is 0 Å². The van der Waals surface area contributed by atoms with Gasteiger partial charge in [0.25, 0.3) is 0 Å². The van der Waals surface area contributed by atoms with Gasteiger partial charge in [0.1, 0.15) is 0 Å². The van der Waals surface area contributed by atoms with E-state index in [4.69, 9.17) is 0 Å². The molecule has 0 bridgehead atoms. The molecular formula is C11H12IN2O. The van der Waals surface area contributed by atoms with Crippen molar-refractivity contribution < 1.29 is 4.79 Å². The molecule has 1 aliphatic heterocycles. The van der Waals surface area contributed by atoms with Crippen molar-refractivity contribution in [3.8, 4) is 0 Å². The number of anilines is 1. The summed E-state index contributed by atoms with van der Waals surface area (Å²) in [6.07, 6.45) is 3.51. The molecule has 4 heteroatoms. The minimum absolute atomic E-state index is 0.255. The third-order valence-electron chi connectivity index (χ3n) is 2.37. The van der Waals surface area contributed by atoms with E-state index in [1.807, 2.05) is 12.1 Å². The number of alkyl halides is 1. The van der Waals surface area contributed by atoms with Crippen LogP contribution in [0.3, 0.4) is 0 Å². The summed E-state index contributed by atoms with van der Waals surface area (Å²) < 4.78 is 1.20. The number of urea groups is 1. The summed E-state index contributed by atoms with van der Waals surface area (Å²) in [7, 11) is 0. The number of rotatable bonds is 4. The van der Waals surface area contributed by atoms with Gasteiger partial charge in [0.15, 0.2) is 0 Å². The molecule has 1 heterocycles. The van der Waals surface area contributed by atoms with E-state index in [1.54, 1.807) is 0 Å². The number of carbonyl (C=O) groups excluding carboxylic acids is 1. The number of fused-ring (bicyclic) bond motifs is 1. The first-order valence-electron chi connectivity index (χ1n) is 5.01. The number of amides is 2. The smallest absolute Gasteiger partial charge is 0.304 e. The molecule has 15 heavy (non-hydrogen) atoms. The van der Waals surface area contributed by atoms with Gasteiger partial charge in [-0.2, -0.15) is 5.32 Å². The number of nitrogens with zero attached hydrogens (tertiary/aromatic N) is 1. The number of halogens is 1. The average molecular weight is 315 g/mol. The minimum atomic E-state index is -0.255. The van der Waals surface area contributed by atoms with Crippen molar-refractivity contribution >= 4 is 40.0 Å². The summed E-state index contributed by atoms with van der Waals surface area (Å²) in [5.41, 5.74) is 2.88. The van der Waals surface area contributed by atoms with Gasteiger partial charge in [-0.25, -0.2) is 4.79 Å².